The summed E-state index contributed by atoms with van der Waals surface area (Å²) >= 11 is 0. The molecule has 1 fully saturated rings. The fourth-order valence-corrected chi connectivity index (χ4v) is 4.99. The van der Waals surface area contributed by atoms with Gasteiger partial charge in [0.15, 0.2) is 5.76 Å². The van der Waals surface area contributed by atoms with Gasteiger partial charge in [-0.15, -0.1) is 0 Å². The monoisotopic (exact) mass is 408 g/mol. The van der Waals surface area contributed by atoms with Crippen LogP contribution in [0.25, 0.3) is 11.3 Å². The lowest BCUT2D eigenvalue weighted by molar-refractivity contribution is -0.149. The summed E-state index contributed by atoms with van der Waals surface area (Å²) in [6.07, 6.45) is 1.20. The van der Waals surface area contributed by atoms with Crippen molar-refractivity contribution in [2.24, 2.45) is 5.92 Å². The molecule has 9 heteroatoms. The molecule has 1 aromatic carbocycles. The Morgan fingerprint density at radius 2 is 2.14 bits per heavy atom. The normalized spacial score (nSPS) is 18.0. The molecule has 0 N–H and O–H groups in total. The number of rotatable bonds is 6. The predicted octanol–water partition coefficient (Wildman–Crippen LogP) is 2.62. The summed E-state index contributed by atoms with van der Waals surface area (Å²) in [6.45, 7) is 4.23. The second-order valence-corrected chi connectivity index (χ2v) is 8.56. The Balaban J connectivity index is 1.95. The number of carbonyl (C=O) groups is 1. The van der Waals surface area contributed by atoms with Crippen molar-refractivity contribution in [3.8, 4) is 17.1 Å². The molecule has 8 nitrogen and oxygen atoms in total. The van der Waals surface area contributed by atoms with Crippen LogP contribution in [0.4, 0.5) is 0 Å². The number of aromatic nitrogens is 1. The lowest BCUT2D eigenvalue weighted by Crippen LogP contribution is -2.42. The van der Waals surface area contributed by atoms with E-state index in [0.717, 1.165) is 0 Å². The third-order valence-corrected chi connectivity index (χ3v) is 6.58. The van der Waals surface area contributed by atoms with E-state index in [1.807, 2.05) is 0 Å². The van der Waals surface area contributed by atoms with Crippen LogP contribution >= 0.6 is 0 Å². The van der Waals surface area contributed by atoms with E-state index in [2.05, 4.69) is 5.16 Å². The number of carbonyl (C=O) groups excluding carboxylic acids is 1. The van der Waals surface area contributed by atoms with Crippen molar-refractivity contribution in [1.29, 1.82) is 0 Å². The molecule has 1 saturated heterocycles. The van der Waals surface area contributed by atoms with Crippen molar-refractivity contribution in [2.75, 3.05) is 26.8 Å². The lowest BCUT2D eigenvalue weighted by Gasteiger charge is -2.31. The smallest absolute Gasteiger partial charge is 0.310 e. The zero-order chi connectivity index (χ0) is 20.3. The van der Waals surface area contributed by atoms with Gasteiger partial charge >= 0.3 is 5.97 Å². The molecule has 1 aliphatic rings. The van der Waals surface area contributed by atoms with Gasteiger partial charge in [0.25, 0.3) is 0 Å². The maximum atomic E-state index is 13.3. The molecule has 2 aromatic rings. The zero-order valence-electron chi connectivity index (χ0n) is 16.2. The Hall–Kier alpha value is -2.39. The fraction of sp³-hybridized carbons (Fsp3) is 0.474. The first kappa shape index (κ1) is 20.3. The largest absolute Gasteiger partial charge is 0.495 e. The standard InChI is InChI=1S/C19H24N2O6S/c1-4-26-19(22)15-6-5-9-21(12-15)28(23,24)18-11-14(7-8-16(18)25-3)17-10-13(2)20-27-17/h7-8,10-11,15H,4-6,9,12H2,1-3H3/t15-/m0/s1. The van der Waals surface area contributed by atoms with Crippen molar-refractivity contribution in [3.05, 3.63) is 30.0 Å². The summed E-state index contributed by atoms with van der Waals surface area (Å²) in [5, 5.41) is 3.85. The van der Waals surface area contributed by atoms with E-state index in [-0.39, 0.29) is 29.8 Å². The van der Waals surface area contributed by atoms with Gasteiger partial charge in [-0.05, 0) is 44.9 Å². The van der Waals surface area contributed by atoms with Crippen molar-refractivity contribution in [1.82, 2.24) is 9.46 Å². The molecular formula is C19H24N2O6S. The third-order valence-electron chi connectivity index (χ3n) is 4.70. The summed E-state index contributed by atoms with van der Waals surface area (Å²) < 4.78 is 43.6. The molecule has 0 spiro atoms. The Kier molecular flexibility index (Phi) is 6.04. The van der Waals surface area contributed by atoms with Gasteiger partial charge in [0, 0.05) is 24.7 Å². The lowest BCUT2D eigenvalue weighted by atomic mass is 10.0. The molecule has 0 saturated carbocycles. The number of ether oxygens (including phenoxy) is 2. The first-order valence-corrected chi connectivity index (χ1v) is 10.6. The summed E-state index contributed by atoms with van der Waals surface area (Å²) in [4.78, 5) is 12.1. The number of sulfonamides is 1. The van der Waals surface area contributed by atoms with E-state index in [1.54, 1.807) is 32.0 Å². The molecule has 152 valence electrons. The number of methoxy groups -OCH3 is 1. The number of piperidine rings is 1. The maximum absolute atomic E-state index is 13.3. The highest BCUT2D eigenvalue weighted by Gasteiger charge is 2.35. The van der Waals surface area contributed by atoms with E-state index < -0.39 is 15.9 Å². The molecule has 1 atom stereocenters. The highest BCUT2D eigenvalue weighted by Crippen LogP contribution is 2.34. The third kappa shape index (κ3) is 4.05. The Morgan fingerprint density at radius 3 is 2.79 bits per heavy atom. The SMILES string of the molecule is CCOC(=O)[C@H]1CCCN(S(=O)(=O)c2cc(-c3cc(C)no3)ccc2OC)C1. The zero-order valence-corrected chi connectivity index (χ0v) is 17.0. The molecule has 1 aliphatic heterocycles. The first-order valence-electron chi connectivity index (χ1n) is 9.15. The number of benzene rings is 1. The first-order chi connectivity index (χ1) is 13.4. The number of esters is 1. The summed E-state index contributed by atoms with van der Waals surface area (Å²) in [7, 11) is -2.45. The van der Waals surface area contributed by atoms with E-state index in [4.69, 9.17) is 14.0 Å². The quantitative estimate of drug-likeness (QED) is 0.678. The average molecular weight is 408 g/mol. The number of nitrogens with zero attached hydrogens (tertiary/aromatic N) is 2. The molecule has 1 aromatic heterocycles. The van der Waals surface area contributed by atoms with Crippen LogP contribution < -0.4 is 4.74 Å². The molecular weight excluding hydrogens is 384 g/mol. The van der Waals surface area contributed by atoms with Crippen molar-refractivity contribution < 1.29 is 27.2 Å². The average Bonchev–Trinajstić information content (AvgIpc) is 3.14. The van der Waals surface area contributed by atoms with E-state index in [9.17, 15) is 13.2 Å². The van der Waals surface area contributed by atoms with Gasteiger partial charge in [-0.2, -0.15) is 4.31 Å². The highest BCUT2D eigenvalue weighted by molar-refractivity contribution is 7.89. The molecule has 0 amide bonds. The van der Waals surface area contributed by atoms with E-state index in [1.165, 1.54) is 17.5 Å². The molecule has 0 radical (unpaired) electrons. The molecule has 2 heterocycles. The van der Waals surface area contributed by atoms with Gasteiger partial charge in [-0.25, -0.2) is 8.42 Å². The highest BCUT2D eigenvalue weighted by atomic mass is 32.2. The molecule has 0 aliphatic carbocycles. The second-order valence-electron chi connectivity index (χ2n) is 6.65. The van der Waals surface area contributed by atoms with Gasteiger partial charge in [-0.3, -0.25) is 4.79 Å². The summed E-state index contributed by atoms with van der Waals surface area (Å²) in [6, 6.07) is 6.56. The van der Waals surface area contributed by atoms with E-state index >= 15 is 0 Å². The predicted molar refractivity (Wildman–Crippen MR) is 101 cm³/mol. The van der Waals surface area contributed by atoms with Gasteiger partial charge in [-0.1, -0.05) is 5.16 Å². The van der Waals surface area contributed by atoms with Crippen LogP contribution in [0.1, 0.15) is 25.5 Å². The van der Waals surface area contributed by atoms with Crippen LogP contribution in [0.2, 0.25) is 0 Å². The van der Waals surface area contributed by atoms with Crippen LogP contribution in [-0.4, -0.2) is 50.7 Å². The van der Waals surface area contributed by atoms with Crippen LogP contribution in [0.15, 0.2) is 33.7 Å². The van der Waals surface area contributed by atoms with Gasteiger partial charge in [0.05, 0.1) is 25.3 Å². The minimum Gasteiger partial charge on any atom is -0.495 e. The number of hydrogen-bond donors (Lipinski definition) is 0. The van der Waals surface area contributed by atoms with Crippen LogP contribution in [0.3, 0.4) is 0 Å². The Morgan fingerprint density at radius 1 is 1.36 bits per heavy atom. The molecule has 3 rings (SSSR count). The molecule has 0 bridgehead atoms. The Labute approximate surface area is 164 Å². The number of hydrogen-bond acceptors (Lipinski definition) is 7. The Bertz CT molecular complexity index is 953. The van der Waals surface area contributed by atoms with Crippen LogP contribution in [0.5, 0.6) is 5.75 Å². The van der Waals surface area contributed by atoms with Gasteiger partial charge in [0.1, 0.15) is 10.6 Å². The van der Waals surface area contributed by atoms with Crippen LogP contribution in [-0.2, 0) is 19.6 Å². The van der Waals surface area contributed by atoms with Gasteiger partial charge in [0.2, 0.25) is 10.0 Å². The van der Waals surface area contributed by atoms with Crippen molar-refractivity contribution in [3.63, 3.8) is 0 Å². The van der Waals surface area contributed by atoms with Crippen molar-refractivity contribution in [2.45, 2.75) is 31.6 Å². The minimum absolute atomic E-state index is 0.0334. The number of aryl methyl sites for hydroxylation is 1. The molecule has 0 unspecified atom stereocenters. The topological polar surface area (TPSA) is 98.9 Å². The fourth-order valence-electron chi connectivity index (χ4n) is 3.28. The molecule has 28 heavy (non-hydrogen) atoms. The second kappa shape index (κ2) is 8.32. The van der Waals surface area contributed by atoms with Crippen molar-refractivity contribution >= 4 is 16.0 Å². The summed E-state index contributed by atoms with van der Waals surface area (Å²) in [5.74, 6) is -0.118. The maximum Gasteiger partial charge on any atom is 0.310 e. The summed E-state index contributed by atoms with van der Waals surface area (Å²) in [5.41, 5.74) is 1.28. The minimum atomic E-state index is -3.87. The van der Waals surface area contributed by atoms with Crippen LogP contribution in [0, 0.1) is 12.8 Å². The van der Waals surface area contributed by atoms with Gasteiger partial charge < -0.3 is 14.0 Å². The van der Waals surface area contributed by atoms with E-state index in [0.29, 0.717) is 36.4 Å².